The molecule has 0 spiro atoms. The van der Waals surface area contributed by atoms with E-state index < -0.39 is 0 Å². The maximum Gasteiger partial charge on any atom is 0.0220 e. The largest absolute Gasteiger partial charge is 0.314 e. The number of rotatable bonds is 3. The highest BCUT2D eigenvalue weighted by atomic mass is 79.9. The Morgan fingerprint density at radius 3 is 2.71 bits per heavy atom. The maximum absolute atomic E-state index is 3.53. The molecule has 1 nitrogen and oxygen atoms in total. The summed E-state index contributed by atoms with van der Waals surface area (Å²) in [6.45, 7) is 2.19. The summed E-state index contributed by atoms with van der Waals surface area (Å²) in [7, 11) is 2.07. The van der Waals surface area contributed by atoms with E-state index >= 15 is 0 Å². The molecule has 1 N–H and O–H groups in total. The van der Waals surface area contributed by atoms with Crippen LogP contribution in [-0.2, 0) is 6.42 Å². The third kappa shape index (κ3) is 2.01. The van der Waals surface area contributed by atoms with Gasteiger partial charge in [-0.15, -0.1) is 0 Å². The molecule has 0 atom stereocenters. The molecule has 0 bridgehead atoms. The first-order valence-electron chi connectivity index (χ1n) is 5.09. The van der Waals surface area contributed by atoms with Crippen LogP contribution in [0.15, 0.2) is 22.7 Å². The third-order valence-electron chi connectivity index (χ3n) is 3.22. The molecule has 0 saturated heterocycles. The standard InChI is InChI=1S/C12H16BrN/c1-9-3-4-11(13)7-10(9)8-12(14-2)5-6-12/h3-4,7,14H,5-6,8H2,1-2H3. The smallest absolute Gasteiger partial charge is 0.0220 e. The van der Waals surface area contributed by atoms with Crippen molar-refractivity contribution in [2.75, 3.05) is 7.05 Å². The van der Waals surface area contributed by atoms with Crippen molar-refractivity contribution in [3.8, 4) is 0 Å². The van der Waals surface area contributed by atoms with E-state index in [2.05, 4.69) is 53.4 Å². The summed E-state index contributed by atoms with van der Waals surface area (Å²) < 4.78 is 1.19. The van der Waals surface area contributed by atoms with Crippen molar-refractivity contribution in [2.24, 2.45) is 0 Å². The number of benzene rings is 1. The Morgan fingerprint density at radius 2 is 2.14 bits per heavy atom. The Kier molecular flexibility index (Phi) is 2.67. The van der Waals surface area contributed by atoms with Crippen LogP contribution in [0, 0.1) is 6.92 Å². The second-order valence-electron chi connectivity index (χ2n) is 4.28. The minimum atomic E-state index is 0.408. The average Bonchev–Trinajstić information content (AvgIpc) is 2.92. The van der Waals surface area contributed by atoms with Crippen LogP contribution in [0.1, 0.15) is 24.0 Å². The number of hydrogen-bond donors (Lipinski definition) is 1. The Bertz CT molecular complexity index is 342. The van der Waals surface area contributed by atoms with Gasteiger partial charge in [-0.2, -0.15) is 0 Å². The summed E-state index contributed by atoms with van der Waals surface area (Å²) >= 11 is 3.53. The lowest BCUT2D eigenvalue weighted by atomic mass is 10.00. The molecule has 1 aliphatic carbocycles. The van der Waals surface area contributed by atoms with Crippen LogP contribution in [0.2, 0.25) is 0 Å². The predicted octanol–water partition coefficient (Wildman–Crippen LogP) is 3.05. The van der Waals surface area contributed by atoms with Crippen molar-refractivity contribution in [2.45, 2.75) is 31.7 Å². The molecule has 0 amide bonds. The molecule has 76 valence electrons. The van der Waals surface area contributed by atoms with Crippen LogP contribution in [0.5, 0.6) is 0 Å². The minimum absolute atomic E-state index is 0.408. The Labute approximate surface area is 94.0 Å². The summed E-state index contributed by atoms with van der Waals surface area (Å²) in [6.07, 6.45) is 3.79. The molecule has 0 radical (unpaired) electrons. The van der Waals surface area contributed by atoms with Gasteiger partial charge in [0.15, 0.2) is 0 Å². The Balaban J connectivity index is 2.20. The number of likely N-dealkylation sites (N-methyl/N-ethyl adjacent to an activating group) is 1. The Morgan fingerprint density at radius 1 is 1.43 bits per heavy atom. The molecule has 1 fully saturated rings. The fourth-order valence-corrected chi connectivity index (χ4v) is 2.27. The van der Waals surface area contributed by atoms with E-state index in [1.807, 2.05) is 0 Å². The summed E-state index contributed by atoms with van der Waals surface area (Å²) in [5.41, 5.74) is 3.27. The summed E-state index contributed by atoms with van der Waals surface area (Å²) in [4.78, 5) is 0. The van der Waals surface area contributed by atoms with Gasteiger partial charge in [-0.05, 0) is 56.5 Å². The van der Waals surface area contributed by atoms with Crippen LogP contribution in [0.4, 0.5) is 0 Å². The number of hydrogen-bond acceptors (Lipinski definition) is 1. The molecule has 0 aromatic heterocycles. The van der Waals surface area contributed by atoms with Gasteiger partial charge in [0.25, 0.3) is 0 Å². The molecule has 0 unspecified atom stereocenters. The van der Waals surface area contributed by atoms with Gasteiger partial charge in [0.2, 0.25) is 0 Å². The van der Waals surface area contributed by atoms with Gasteiger partial charge < -0.3 is 5.32 Å². The summed E-state index contributed by atoms with van der Waals surface area (Å²) in [5, 5.41) is 3.43. The molecule has 1 aliphatic rings. The average molecular weight is 254 g/mol. The van der Waals surface area contributed by atoms with Gasteiger partial charge in [-0.1, -0.05) is 22.0 Å². The minimum Gasteiger partial charge on any atom is -0.314 e. The van der Waals surface area contributed by atoms with E-state index in [9.17, 15) is 0 Å². The number of aryl methyl sites for hydroxylation is 1. The van der Waals surface area contributed by atoms with Crippen molar-refractivity contribution < 1.29 is 0 Å². The van der Waals surface area contributed by atoms with Crippen LogP contribution < -0.4 is 5.32 Å². The van der Waals surface area contributed by atoms with Crippen molar-refractivity contribution in [3.63, 3.8) is 0 Å². The number of halogens is 1. The first-order valence-corrected chi connectivity index (χ1v) is 5.88. The predicted molar refractivity (Wildman–Crippen MR) is 63.6 cm³/mol. The second kappa shape index (κ2) is 3.67. The van der Waals surface area contributed by atoms with Gasteiger partial charge in [0.05, 0.1) is 0 Å². The quantitative estimate of drug-likeness (QED) is 0.874. The van der Waals surface area contributed by atoms with Crippen molar-refractivity contribution in [1.29, 1.82) is 0 Å². The van der Waals surface area contributed by atoms with Gasteiger partial charge in [0, 0.05) is 10.0 Å². The lowest BCUT2D eigenvalue weighted by molar-refractivity contribution is 0.547. The van der Waals surface area contributed by atoms with Gasteiger partial charge >= 0.3 is 0 Å². The fraction of sp³-hybridized carbons (Fsp3) is 0.500. The summed E-state index contributed by atoms with van der Waals surface area (Å²) in [6, 6.07) is 6.54. The third-order valence-corrected chi connectivity index (χ3v) is 3.72. The first-order chi connectivity index (χ1) is 6.65. The molecule has 2 rings (SSSR count). The van der Waals surface area contributed by atoms with Crippen LogP contribution >= 0.6 is 15.9 Å². The first kappa shape index (κ1) is 10.2. The highest BCUT2D eigenvalue weighted by molar-refractivity contribution is 9.10. The molecule has 1 aromatic rings. The van der Waals surface area contributed by atoms with E-state index in [1.54, 1.807) is 0 Å². The zero-order chi connectivity index (χ0) is 10.2. The lowest BCUT2D eigenvalue weighted by Crippen LogP contribution is -2.29. The molecule has 2 heteroatoms. The number of nitrogens with one attached hydrogen (secondary N) is 1. The zero-order valence-electron chi connectivity index (χ0n) is 8.73. The van der Waals surface area contributed by atoms with Crippen molar-refractivity contribution >= 4 is 15.9 Å². The summed E-state index contributed by atoms with van der Waals surface area (Å²) in [5.74, 6) is 0. The van der Waals surface area contributed by atoms with E-state index in [0.717, 1.165) is 6.42 Å². The van der Waals surface area contributed by atoms with E-state index in [4.69, 9.17) is 0 Å². The molecular formula is C12H16BrN. The highest BCUT2D eigenvalue weighted by Crippen LogP contribution is 2.39. The van der Waals surface area contributed by atoms with Crippen molar-refractivity contribution in [3.05, 3.63) is 33.8 Å². The maximum atomic E-state index is 3.53. The van der Waals surface area contributed by atoms with Crippen LogP contribution in [0.25, 0.3) is 0 Å². The normalized spacial score (nSPS) is 18.2. The monoisotopic (exact) mass is 253 g/mol. The lowest BCUT2D eigenvalue weighted by Gasteiger charge is -2.15. The molecule has 0 heterocycles. The van der Waals surface area contributed by atoms with Gasteiger partial charge in [0.1, 0.15) is 0 Å². The van der Waals surface area contributed by atoms with Crippen molar-refractivity contribution in [1.82, 2.24) is 5.32 Å². The topological polar surface area (TPSA) is 12.0 Å². The SMILES string of the molecule is CNC1(Cc2cc(Br)ccc2C)CC1. The van der Waals surface area contributed by atoms with E-state index in [1.165, 1.54) is 28.4 Å². The molecule has 1 saturated carbocycles. The molecule has 14 heavy (non-hydrogen) atoms. The highest BCUT2D eigenvalue weighted by Gasteiger charge is 2.40. The van der Waals surface area contributed by atoms with Gasteiger partial charge in [-0.25, -0.2) is 0 Å². The van der Waals surface area contributed by atoms with Crippen LogP contribution in [0.3, 0.4) is 0 Å². The molecule has 1 aromatic carbocycles. The Hall–Kier alpha value is -0.340. The van der Waals surface area contributed by atoms with E-state index in [0.29, 0.717) is 5.54 Å². The second-order valence-corrected chi connectivity index (χ2v) is 5.19. The molecule has 0 aliphatic heterocycles. The fourth-order valence-electron chi connectivity index (χ4n) is 1.86. The molecular weight excluding hydrogens is 238 g/mol. The van der Waals surface area contributed by atoms with Gasteiger partial charge in [-0.3, -0.25) is 0 Å². The van der Waals surface area contributed by atoms with Crippen LogP contribution in [-0.4, -0.2) is 12.6 Å². The van der Waals surface area contributed by atoms with E-state index in [-0.39, 0.29) is 0 Å². The zero-order valence-corrected chi connectivity index (χ0v) is 10.3.